The smallest absolute Gasteiger partial charge is 0.320 e. The Bertz CT molecular complexity index is 505. The van der Waals surface area contributed by atoms with Crippen LogP contribution in [-0.2, 0) is 9.53 Å². The van der Waals surface area contributed by atoms with Crippen LogP contribution in [0.25, 0.3) is 5.57 Å². The van der Waals surface area contributed by atoms with Crippen LogP contribution >= 0.6 is 0 Å². The molecule has 0 amide bonds. The van der Waals surface area contributed by atoms with Crippen LogP contribution in [0.2, 0.25) is 0 Å². The number of hydrogen-bond donors (Lipinski definition) is 0. The average molecular weight is 272 g/mol. The van der Waals surface area contributed by atoms with Gasteiger partial charge in [0.2, 0.25) is 0 Å². The van der Waals surface area contributed by atoms with Gasteiger partial charge in [-0.05, 0) is 29.9 Å². The summed E-state index contributed by atoms with van der Waals surface area (Å²) in [4.78, 5) is 12.5. The van der Waals surface area contributed by atoms with Crippen LogP contribution in [-0.4, -0.2) is 12.1 Å². The Hall–Kier alpha value is -1.57. The predicted molar refractivity (Wildman–Crippen MR) is 82.1 cm³/mol. The Kier molecular flexibility index (Phi) is 4.03. The molecule has 1 aromatic carbocycles. The van der Waals surface area contributed by atoms with E-state index in [2.05, 4.69) is 27.7 Å². The fourth-order valence-electron chi connectivity index (χ4n) is 2.71. The molecule has 1 atom stereocenters. The van der Waals surface area contributed by atoms with Gasteiger partial charge in [-0.2, -0.15) is 0 Å². The highest BCUT2D eigenvalue weighted by molar-refractivity contribution is 6.05. The molecule has 2 heteroatoms. The summed E-state index contributed by atoms with van der Waals surface area (Å²) < 4.78 is 5.76. The highest BCUT2D eigenvalue weighted by Gasteiger charge is 2.49. The number of carbonyl (C=O) groups is 1. The third kappa shape index (κ3) is 2.79. The lowest BCUT2D eigenvalue weighted by Gasteiger charge is -2.27. The van der Waals surface area contributed by atoms with E-state index < -0.39 is 5.41 Å². The molecule has 0 aromatic heterocycles. The zero-order valence-electron chi connectivity index (χ0n) is 13.0. The minimum absolute atomic E-state index is 0.0228. The van der Waals surface area contributed by atoms with Crippen LogP contribution in [0.5, 0.6) is 0 Å². The van der Waals surface area contributed by atoms with Gasteiger partial charge in [0.1, 0.15) is 11.5 Å². The van der Waals surface area contributed by atoms with Crippen molar-refractivity contribution in [3.63, 3.8) is 0 Å². The van der Waals surface area contributed by atoms with Gasteiger partial charge in [-0.25, -0.2) is 0 Å². The van der Waals surface area contributed by atoms with E-state index in [4.69, 9.17) is 4.74 Å². The molecule has 0 fully saturated rings. The topological polar surface area (TPSA) is 26.3 Å². The molecule has 1 aliphatic rings. The van der Waals surface area contributed by atoms with Crippen molar-refractivity contribution in [3.8, 4) is 0 Å². The van der Waals surface area contributed by atoms with Crippen molar-refractivity contribution in [1.29, 1.82) is 0 Å². The first-order valence-corrected chi connectivity index (χ1v) is 7.36. The first-order valence-electron chi connectivity index (χ1n) is 7.36. The number of benzene rings is 1. The number of ether oxygens (including phenoxy) is 1. The van der Waals surface area contributed by atoms with Crippen LogP contribution in [0.3, 0.4) is 0 Å². The van der Waals surface area contributed by atoms with Crippen molar-refractivity contribution in [3.05, 3.63) is 42.0 Å². The molecule has 0 saturated carbocycles. The zero-order valence-corrected chi connectivity index (χ0v) is 13.0. The summed E-state index contributed by atoms with van der Waals surface area (Å²) in [5, 5.41) is 0. The van der Waals surface area contributed by atoms with Gasteiger partial charge >= 0.3 is 5.97 Å². The summed E-state index contributed by atoms with van der Waals surface area (Å²) in [7, 11) is 0. The first-order chi connectivity index (χ1) is 9.36. The lowest BCUT2D eigenvalue weighted by molar-refractivity contribution is -0.158. The Labute approximate surface area is 121 Å². The zero-order chi connectivity index (χ0) is 14.9. The number of carbonyl (C=O) groups excluding carboxylic acids is 1. The molecule has 108 valence electrons. The summed E-state index contributed by atoms with van der Waals surface area (Å²) in [6.45, 7) is 10.3. The molecule has 0 bridgehead atoms. The molecular formula is C18H24O2. The molecule has 0 radical (unpaired) electrons. The summed E-state index contributed by atoms with van der Waals surface area (Å²) >= 11 is 0. The summed E-state index contributed by atoms with van der Waals surface area (Å²) in [5.41, 5.74) is 1.65. The molecular weight excluding hydrogens is 248 g/mol. The SMILES string of the molecule is CC(C)C(OC(=O)[C@]1(C)C=C1c1ccccc1)C(C)C. The van der Waals surface area contributed by atoms with Gasteiger partial charge in [-0.3, -0.25) is 4.79 Å². The Morgan fingerprint density at radius 1 is 1.05 bits per heavy atom. The van der Waals surface area contributed by atoms with E-state index in [-0.39, 0.29) is 12.1 Å². The normalized spacial score (nSPS) is 21.3. The van der Waals surface area contributed by atoms with E-state index in [1.165, 1.54) is 0 Å². The fourth-order valence-corrected chi connectivity index (χ4v) is 2.71. The molecule has 2 rings (SSSR count). The van der Waals surface area contributed by atoms with E-state index in [9.17, 15) is 4.79 Å². The van der Waals surface area contributed by atoms with Crippen molar-refractivity contribution in [2.75, 3.05) is 0 Å². The quantitative estimate of drug-likeness (QED) is 0.746. The van der Waals surface area contributed by atoms with E-state index in [1.807, 2.05) is 43.3 Å². The standard InChI is InChI=1S/C18H24O2/c1-12(2)16(13(3)4)20-17(19)18(5)11-15(18)14-9-7-6-8-10-14/h6-13,16H,1-5H3/t18-/m1/s1. The highest BCUT2D eigenvalue weighted by Crippen LogP contribution is 2.51. The largest absolute Gasteiger partial charge is 0.461 e. The Morgan fingerprint density at radius 3 is 2.10 bits per heavy atom. The van der Waals surface area contributed by atoms with Crippen LogP contribution < -0.4 is 0 Å². The van der Waals surface area contributed by atoms with E-state index in [0.29, 0.717) is 11.8 Å². The van der Waals surface area contributed by atoms with E-state index in [1.54, 1.807) is 0 Å². The Balaban J connectivity index is 2.05. The third-order valence-electron chi connectivity index (χ3n) is 3.98. The minimum Gasteiger partial charge on any atom is -0.461 e. The Morgan fingerprint density at radius 2 is 1.60 bits per heavy atom. The molecule has 1 aromatic rings. The monoisotopic (exact) mass is 272 g/mol. The van der Waals surface area contributed by atoms with Gasteiger partial charge in [0.15, 0.2) is 0 Å². The van der Waals surface area contributed by atoms with Crippen molar-refractivity contribution in [1.82, 2.24) is 0 Å². The van der Waals surface area contributed by atoms with Gasteiger partial charge in [0.25, 0.3) is 0 Å². The molecule has 0 spiro atoms. The second kappa shape index (κ2) is 5.43. The summed E-state index contributed by atoms with van der Waals surface area (Å²) in [5.74, 6) is 0.548. The summed E-state index contributed by atoms with van der Waals surface area (Å²) in [6, 6.07) is 10.0. The molecule has 0 heterocycles. The van der Waals surface area contributed by atoms with Crippen molar-refractivity contribution < 1.29 is 9.53 Å². The van der Waals surface area contributed by atoms with Gasteiger partial charge in [-0.15, -0.1) is 0 Å². The van der Waals surface area contributed by atoms with Gasteiger partial charge in [0.05, 0.1) is 0 Å². The maximum absolute atomic E-state index is 12.5. The minimum atomic E-state index is -0.538. The molecule has 0 aliphatic heterocycles. The summed E-state index contributed by atoms with van der Waals surface area (Å²) in [6.07, 6.45) is 1.98. The van der Waals surface area contributed by atoms with Crippen LogP contribution in [0.4, 0.5) is 0 Å². The highest BCUT2D eigenvalue weighted by atomic mass is 16.5. The first kappa shape index (κ1) is 14.8. The van der Waals surface area contributed by atoms with Crippen LogP contribution in [0.15, 0.2) is 36.4 Å². The van der Waals surface area contributed by atoms with Gasteiger partial charge in [-0.1, -0.05) is 64.1 Å². The number of esters is 1. The van der Waals surface area contributed by atoms with Gasteiger partial charge in [0, 0.05) is 0 Å². The molecule has 20 heavy (non-hydrogen) atoms. The van der Waals surface area contributed by atoms with E-state index >= 15 is 0 Å². The second-order valence-corrected chi connectivity index (χ2v) is 6.48. The lowest BCUT2D eigenvalue weighted by Crippen LogP contribution is -2.32. The molecule has 0 saturated heterocycles. The maximum atomic E-state index is 12.5. The average Bonchev–Trinajstić information content (AvgIpc) is 3.10. The second-order valence-electron chi connectivity index (χ2n) is 6.48. The third-order valence-corrected chi connectivity index (χ3v) is 3.98. The van der Waals surface area contributed by atoms with Crippen LogP contribution in [0, 0.1) is 17.3 Å². The molecule has 0 unspecified atom stereocenters. The van der Waals surface area contributed by atoms with E-state index in [0.717, 1.165) is 11.1 Å². The van der Waals surface area contributed by atoms with Crippen molar-refractivity contribution in [2.24, 2.45) is 17.3 Å². The number of rotatable bonds is 5. The van der Waals surface area contributed by atoms with Crippen molar-refractivity contribution in [2.45, 2.75) is 40.7 Å². The molecule has 2 nitrogen and oxygen atoms in total. The van der Waals surface area contributed by atoms with Crippen molar-refractivity contribution >= 4 is 11.5 Å². The van der Waals surface area contributed by atoms with Gasteiger partial charge < -0.3 is 4.74 Å². The van der Waals surface area contributed by atoms with Crippen LogP contribution in [0.1, 0.15) is 40.2 Å². The molecule has 0 N–H and O–H groups in total. The number of hydrogen-bond acceptors (Lipinski definition) is 2. The fraction of sp³-hybridized carbons (Fsp3) is 0.500. The maximum Gasteiger partial charge on any atom is 0.320 e. The lowest BCUT2D eigenvalue weighted by atomic mass is 9.95. The molecule has 1 aliphatic carbocycles. The predicted octanol–water partition coefficient (Wildman–Crippen LogP) is 4.31.